The molecule has 30 heavy (non-hydrogen) atoms. The Balaban J connectivity index is 1.42. The van der Waals surface area contributed by atoms with Gasteiger partial charge in [0.2, 0.25) is 0 Å². The van der Waals surface area contributed by atoms with Crippen LogP contribution in [0.4, 0.5) is 5.69 Å². The van der Waals surface area contributed by atoms with E-state index in [9.17, 15) is 14.9 Å². The molecule has 0 N–H and O–H groups in total. The Kier molecular flexibility index (Phi) is 4.56. The molecule has 9 nitrogen and oxygen atoms in total. The van der Waals surface area contributed by atoms with Gasteiger partial charge in [-0.2, -0.15) is 0 Å². The lowest BCUT2D eigenvalue weighted by atomic mass is 10.0. The first-order valence-corrected chi connectivity index (χ1v) is 9.92. The van der Waals surface area contributed by atoms with E-state index in [0.29, 0.717) is 57.0 Å². The van der Waals surface area contributed by atoms with Gasteiger partial charge in [-0.05, 0) is 5.56 Å². The first kappa shape index (κ1) is 18.8. The summed E-state index contributed by atoms with van der Waals surface area (Å²) in [5.41, 5.74) is 2.65. The van der Waals surface area contributed by atoms with Gasteiger partial charge in [0.1, 0.15) is 5.69 Å². The number of likely N-dealkylation sites (tertiary alicyclic amines) is 1. The van der Waals surface area contributed by atoms with E-state index in [1.807, 2.05) is 10.6 Å². The van der Waals surface area contributed by atoms with Crippen LogP contribution in [0.5, 0.6) is 0 Å². The number of amides is 1. The first-order chi connectivity index (χ1) is 14.5. The monoisotopic (exact) mass is 411 g/mol. The minimum atomic E-state index is -0.546. The summed E-state index contributed by atoms with van der Waals surface area (Å²) in [4.78, 5) is 25.8. The fraction of sp³-hybridized carbons (Fsp3) is 0.381. The predicted octanol–water partition coefficient (Wildman–Crippen LogP) is 3.17. The third-order valence-electron chi connectivity index (χ3n) is 5.83. The Morgan fingerprint density at radius 3 is 2.63 bits per heavy atom. The summed E-state index contributed by atoms with van der Waals surface area (Å²) in [6, 6.07) is 9.98. The number of nitrogens with zero attached hydrogens (tertiary/aromatic N) is 3. The molecule has 2 saturated heterocycles. The van der Waals surface area contributed by atoms with E-state index in [0.717, 1.165) is 11.1 Å². The van der Waals surface area contributed by atoms with Crippen LogP contribution in [0, 0.1) is 10.1 Å². The minimum Gasteiger partial charge on any atom is -0.463 e. The molecule has 156 valence electrons. The molecular formula is C21H21N3O6. The van der Waals surface area contributed by atoms with Crippen molar-refractivity contribution in [2.75, 3.05) is 26.3 Å². The maximum absolute atomic E-state index is 13.3. The molecule has 5 rings (SSSR count). The number of piperidine rings is 1. The van der Waals surface area contributed by atoms with Gasteiger partial charge in [-0.15, -0.1) is 0 Å². The number of fused-ring (bicyclic) bond motifs is 1. The van der Waals surface area contributed by atoms with Crippen molar-refractivity contribution in [1.82, 2.24) is 9.47 Å². The van der Waals surface area contributed by atoms with E-state index in [-0.39, 0.29) is 11.6 Å². The highest BCUT2D eigenvalue weighted by molar-refractivity contribution is 5.97. The number of nitro groups is 1. The summed E-state index contributed by atoms with van der Waals surface area (Å²) in [7, 11) is 0. The van der Waals surface area contributed by atoms with Crippen molar-refractivity contribution in [3.8, 4) is 0 Å². The molecule has 0 bridgehead atoms. The van der Waals surface area contributed by atoms with Gasteiger partial charge < -0.3 is 23.4 Å². The average molecular weight is 411 g/mol. The highest BCUT2D eigenvalue weighted by atomic mass is 16.7. The van der Waals surface area contributed by atoms with E-state index < -0.39 is 10.7 Å². The number of non-ortho nitro benzene ring substituents is 1. The second kappa shape index (κ2) is 7.26. The minimum absolute atomic E-state index is 0.0221. The average Bonchev–Trinajstić information content (AvgIpc) is 3.47. The van der Waals surface area contributed by atoms with Crippen LogP contribution in [-0.4, -0.2) is 52.4 Å². The smallest absolute Gasteiger partial charge is 0.270 e. The lowest BCUT2D eigenvalue weighted by Crippen LogP contribution is -2.47. The zero-order valence-electron chi connectivity index (χ0n) is 16.3. The highest BCUT2D eigenvalue weighted by Crippen LogP contribution is 2.32. The molecule has 2 aliphatic rings. The third kappa shape index (κ3) is 3.25. The molecular weight excluding hydrogens is 390 g/mol. The largest absolute Gasteiger partial charge is 0.463 e. The zero-order valence-corrected chi connectivity index (χ0v) is 16.3. The molecule has 1 spiro atoms. The summed E-state index contributed by atoms with van der Waals surface area (Å²) in [5.74, 6) is -0.644. The van der Waals surface area contributed by atoms with Crippen molar-refractivity contribution in [2.24, 2.45) is 0 Å². The predicted molar refractivity (Wildman–Crippen MR) is 106 cm³/mol. The normalized spacial score (nSPS) is 18.3. The number of hydrogen-bond acceptors (Lipinski definition) is 6. The molecule has 0 aliphatic carbocycles. The van der Waals surface area contributed by atoms with Gasteiger partial charge in [0.05, 0.1) is 29.9 Å². The maximum Gasteiger partial charge on any atom is 0.270 e. The van der Waals surface area contributed by atoms with Gasteiger partial charge in [-0.25, -0.2) is 0 Å². The van der Waals surface area contributed by atoms with Crippen molar-refractivity contribution in [1.29, 1.82) is 0 Å². The molecule has 2 aliphatic heterocycles. The molecule has 2 aromatic heterocycles. The SMILES string of the molecule is O=C(c1cc2occc2n1Cc1cccc([N+](=O)[O-])c1)N1CCC2(CC1)OCCO2. The van der Waals surface area contributed by atoms with Gasteiger partial charge in [0.15, 0.2) is 11.4 Å². The standard InChI is InChI=1S/C21H21N3O6/c25-20(22-7-5-21(6-8-22)29-10-11-30-21)18-13-19-17(4-9-28-19)23(18)14-15-2-1-3-16(12-15)24(26)27/h1-4,9,12-13H,5-8,10-11,14H2. The second-order valence-corrected chi connectivity index (χ2v) is 7.61. The van der Waals surface area contributed by atoms with E-state index in [2.05, 4.69) is 0 Å². The van der Waals surface area contributed by atoms with Crippen LogP contribution in [0.3, 0.4) is 0 Å². The molecule has 0 unspecified atom stereocenters. The molecule has 2 fully saturated rings. The Labute approximate surface area is 171 Å². The lowest BCUT2D eigenvalue weighted by Gasteiger charge is -2.37. The Hall–Kier alpha value is -3.17. The van der Waals surface area contributed by atoms with E-state index in [1.165, 1.54) is 12.1 Å². The fourth-order valence-corrected chi connectivity index (χ4v) is 4.27. The number of furan rings is 1. The second-order valence-electron chi connectivity index (χ2n) is 7.61. The number of nitro benzene ring substituents is 1. The van der Waals surface area contributed by atoms with E-state index in [4.69, 9.17) is 13.9 Å². The Morgan fingerprint density at radius 2 is 1.90 bits per heavy atom. The Bertz CT molecular complexity index is 1100. The summed E-state index contributed by atoms with van der Waals surface area (Å²) in [5, 5.41) is 11.1. The summed E-state index contributed by atoms with van der Waals surface area (Å²) < 4.78 is 18.9. The molecule has 3 aromatic rings. The molecule has 0 atom stereocenters. The van der Waals surface area contributed by atoms with Crippen LogP contribution >= 0.6 is 0 Å². The highest BCUT2D eigenvalue weighted by Gasteiger charge is 2.41. The topological polar surface area (TPSA) is 100.0 Å². The fourth-order valence-electron chi connectivity index (χ4n) is 4.27. The number of carbonyl (C=O) groups excluding carboxylic acids is 1. The Morgan fingerprint density at radius 1 is 1.13 bits per heavy atom. The number of benzene rings is 1. The van der Waals surface area contributed by atoms with Crippen molar-refractivity contribution in [2.45, 2.75) is 25.2 Å². The van der Waals surface area contributed by atoms with Gasteiger partial charge in [-0.1, -0.05) is 12.1 Å². The van der Waals surface area contributed by atoms with Crippen molar-refractivity contribution in [3.63, 3.8) is 0 Å². The van der Waals surface area contributed by atoms with E-state index in [1.54, 1.807) is 29.4 Å². The molecule has 0 saturated carbocycles. The first-order valence-electron chi connectivity index (χ1n) is 9.92. The molecule has 9 heteroatoms. The van der Waals surface area contributed by atoms with Crippen molar-refractivity contribution >= 4 is 22.7 Å². The maximum atomic E-state index is 13.3. The van der Waals surface area contributed by atoms with Crippen LogP contribution in [0.1, 0.15) is 28.9 Å². The summed E-state index contributed by atoms with van der Waals surface area (Å²) >= 11 is 0. The number of hydrogen-bond donors (Lipinski definition) is 0. The molecule has 1 aromatic carbocycles. The van der Waals surface area contributed by atoms with Crippen LogP contribution < -0.4 is 0 Å². The van der Waals surface area contributed by atoms with E-state index >= 15 is 0 Å². The number of ether oxygens (including phenoxy) is 2. The number of aromatic nitrogens is 1. The van der Waals surface area contributed by atoms with Crippen LogP contribution in [-0.2, 0) is 16.0 Å². The van der Waals surface area contributed by atoms with Gasteiger partial charge in [0, 0.05) is 56.7 Å². The molecule has 4 heterocycles. The zero-order chi connectivity index (χ0) is 20.7. The summed E-state index contributed by atoms with van der Waals surface area (Å²) in [6.45, 7) is 2.60. The van der Waals surface area contributed by atoms with Crippen LogP contribution in [0.15, 0.2) is 47.1 Å². The third-order valence-corrected chi connectivity index (χ3v) is 5.83. The van der Waals surface area contributed by atoms with Crippen molar-refractivity contribution < 1.29 is 23.6 Å². The van der Waals surface area contributed by atoms with Gasteiger partial charge in [0.25, 0.3) is 11.6 Å². The van der Waals surface area contributed by atoms with Crippen molar-refractivity contribution in [3.05, 3.63) is 64.0 Å². The van der Waals surface area contributed by atoms with Gasteiger partial charge in [-0.3, -0.25) is 14.9 Å². The number of rotatable bonds is 4. The number of carbonyl (C=O) groups is 1. The molecule has 1 amide bonds. The van der Waals surface area contributed by atoms with Crippen LogP contribution in [0.25, 0.3) is 11.1 Å². The molecule has 0 radical (unpaired) electrons. The van der Waals surface area contributed by atoms with Gasteiger partial charge >= 0.3 is 0 Å². The lowest BCUT2D eigenvalue weighted by molar-refractivity contribution is -0.384. The van der Waals surface area contributed by atoms with Crippen LogP contribution in [0.2, 0.25) is 0 Å². The summed E-state index contributed by atoms with van der Waals surface area (Å²) in [6.07, 6.45) is 2.85. The quantitative estimate of drug-likeness (QED) is 0.483.